The van der Waals surface area contributed by atoms with Crippen molar-refractivity contribution in [2.75, 3.05) is 26.2 Å². The second kappa shape index (κ2) is 4.81. The van der Waals surface area contributed by atoms with Crippen LogP contribution in [0.5, 0.6) is 0 Å². The largest absolute Gasteiger partial charge is 0.372 e. The van der Waals surface area contributed by atoms with E-state index >= 15 is 0 Å². The molecule has 1 atom stereocenters. The van der Waals surface area contributed by atoms with Gasteiger partial charge in [-0.15, -0.1) is 0 Å². The van der Waals surface area contributed by atoms with Gasteiger partial charge in [0.15, 0.2) is 0 Å². The fourth-order valence-corrected chi connectivity index (χ4v) is 2.89. The maximum Gasteiger partial charge on any atom is 0.0859 e. The van der Waals surface area contributed by atoms with Gasteiger partial charge in [0.05, 0.1) is 12.2 Å². The summed E-state index contributed by atoms with van der Waals surface area (Å²) in [6.45, 7) is 8.71. The lowest BCUT2D eigenvalue weighted by atomic mass is 9.80. The Kier molecular flexibility index (Phi) is 3.65. The van der Waals surface area contributed by atoms with Gasteiger partial charge >= 0.3 is 0 Å². The molecule has 88 valence electrons. The highest BCUT2D eigenvalue weighted by Crippen LogP contribution is 2.32. The highest BCUT2D eigenvalue weighted by molar-refractivity contribution is 4.99. The van der Waals surface area contributed by atoms with E-state index in [0.717, 1.165) is 45.0 Å². The summed E-state index contributed by atoms with van der Waals surface area (Å²) in [4.78, 5) is 0. The summed E-state index contributed by atoms with van der Waals surface area (Å²) in [6.07, 6.45) is 3.56. The molecule has 3 heteroatoms. The SMILES string of the molecule is CC(C)CC1NCCOC12CCNCC2. The van der Waals surface area contributed by atoms with Crippen molar-refractivity contribution in [3.05, 3.63) is 0 Å². The van der Waals surface area contributed by atoms with Crippen molar-refractivity contribution in [1.82, 2.24) is 10.6 Å². The van der Waals surface area contributed by atoms with E-state index in [1.54, 1.807) is 0 Å². The highest BCUT2D eigenvalue weighted by atomic mass is 16.5. The van der Waals surface area contributed by atoms with Crippen molar-refractivity contribution in [2.45, 2.75) is 44.8 Å². The fourth-order valence-electron chi connectivity index (χ4n) is 2.89. The quantitative estimate of drug-likeness (QED) is 0.720. The third-order valence-electron chi connectivity index (χ3n) is 3.67. The van der Waals surface area contributed by atoms with Crippen molar-refractivity contribution in [3.63, 3.8) is 0 Å². The predicted molar refractivity (Wildman–Crippen MR) is 62.0 cm³/mol. The van der Waals surface area contributed by atoms with Gasteiger partial charge in [-0.05, 0) is 38.3 Å². The van der Waals surface area contributed by atoms with Crippen LogP contribution in [-0.2, 0) is 4.74 Å². The highest BCUT2D eigenvalue weighted by Gasteiger charge is 2.42. The zero-order chi connectivity index (χ0) is 10.7. The Labute approximate surface area is 93.0 Å². The number of hydrogen-bond donors (Lipinski definition) is 2. The van der Waals surface area contributed by atoms with Crippen LogP contribution in [0.3, 0.4) is 0 Å². The lowest BCUT2D eigenvalue weighted by Gasteiger charge is -2.47. The molecule has 0 aromatic heterocycles. The topological polar surface area (TPSA) is 33.3 Å². The van der Waals surface area contributed by atoms with Crippen molar-refractivity contribution in [2.24, 2.45) is 5.92 Å². The molecule has 2 aliphatic rings. The molecule has 15 heavy (non-hydrogen) atoms. The molecule has 3 nitrogen and oxygen atoms in total. The van der Waals surface area contributed by atoms with Crippen LogP contribution >= 0.6 is 0 Å². The van der Waals surface area contributed by atoms with E-state index in [2.05, 4.69) is 24.5 Å². The van der Waals surface area contributed by atoms with Crippen molar-refractivity contribution < 1.29 is 4.74 Å². The van der Waals surface area contributed by atoms with Gasteiger partial charge in [-0.25, -0.2) is 0 Å². The van der Waals surface area contributed by atoms with Gasteiger partial charge < -0.3 is 15.4 Å². The number of rotatable bonds is 2. The molecule has 2 N–H and O–H groups in total. The molecule has 0 bridgehead atoms. The first-order valence-corrected chi connectivity index (χ1v) is 6.31. The van der Waals surface area contributed by atoms with Crippen LogP contribution in [0.1, 0.15) is 33.1 Å². The average molecular weight is 212 g/mol. The molecule has 2 heterocycles. The number of hydrogen-bond acceptors (Lipinski definition) is 3. The van der Waals surface area contributed by atoms with Gasteiger partial charge in [0, 0.05) is 12.6 Å². The smallest absolute Gasteiger partial charge is 0.0859 e. The van der Waals surface area contributed by atoms with E-state index in [0.29, 0.717) is 6.04 Å². The molecule has 2 aliphatic heterocycles. The molecule has 0 aliphatic carbocycles. The van der Waals surface area contributed by atoms with E-state index < -0.39 is 0 Å². The minimum absolute atomic E-state index is 0.133. The molecule has 2 fully saturated rings. The Morgan fingerprint density at radius 3 is 2.67 bits per heavy atom. The monoisotopic (exact) mass is 212 g/mol. The van der Waals surface area contributed by atoms with Gasteiger partial charge in [0.1, 0.15) is 0 Å². The van der Waals surface area contributed by atoms with E-state index in [-0.39, 0.29) is 5.60 Å². The molecule has 0 aromatic rings. The molecule has 1 unspecified atom stereocenters. The summed E-state index contributed by atoms with van der Waals surface area (Å²) in [5.41, 5.74) is 0.133. The van der Waals surface area contributed by atoms with Gasteiger partial charge in [0.2, 0.25) is 0 Å². The molecular weight excluding hydrogens is 188 g/mol. The first kappa shape index (κ1) is 11.4. The maximum atomic E-state index is 6.12. The third kappa shape index (κ3) is 2.52. The number of morpholine rings is 1. The zero-order valence-electron chi connectivity index (χ0n) is 10.0. The summed E-state index contributed by atoms with van der Waals surface area (Å²) in [7, 11) is 0. The van der Waals surface area contributed by atoms with E-state index in [4.69, 9.17) is 4.74 Å². The van der Waals surface area contributed by atoms with Crippen LogP contribution in [0.2, 0.25) is 0 Å². The van der Waals surface area contributed by atoms with E-state index in [9.17, 15) is 0 Å². The second-order valence-electron chi connectivity index (χ2n) is 5.30. The molecular formula is C12H24N2O. The van der Waals surface area contributed by atoms with Crippen molar-refractivity contribution in [3.8, 4) is 0 Å². The summed E-state index contributed by atoms with van der Waals surface area (Å²) in [5.74, 6) is 0.746. The lowest BCUT2D eigenvalue weighted by molar-refractivity contribution is -0.117. The van der Waals surface area contributed by atoms with Gasteiger partial charge in [-0.2, -0.15) is 0 Å². The fraction of sp³-hybridized carbons (Fsp3) is 1.00. The Hall–Kier alpha value is -0.120. The minimum atomic E-state index is 0.133. The van der Waals surface area contributed by atoms with Crippen LogP contribution in [0.15, 0.2) is 0 Å². The second-order valence-corrected chi connectivity index (χ2v) is 5.30. The first-order valence-electron chi connectivity index (χ1n) is 6.31. The predicted octanol–water partition coefficient (Wildman–Crippen LogP) is 1.14. The molecule has 2 saturated heterocycles. The Morgan fingerprint density at radius 1 is 1.27 bits per heavy atom. The van der Waals surface area contributed by atoms with Crippen molar-refractivity contribution in [1.29, 1.82) is 0 Å². The van der Waals surface area contributed by atoms with Crippen LogP contribution in [0, 0.1) is 5.92 Å². The Balaban J connectivity index is 2.03. The Morgan fingerprint density at radius 2 is 2.00 bits per heavy atom. The Bertz CT molecular complexity index is 192. The number of piperidine rings is 1. The first-order chi connectivity index (χ1) is 7.23. The molecule has 0 saturated carbocycles. The number of nitrogens with one attached hydrogen (secondary N) is 2. The van der Waals surface area contributed by atoms with E-state index in [1.165, 1.54) is 6.42 Å². The lowest BCUT2D eigenvalue weighted by Crippen LogP contribution is -2.61. The third-order valence-corrected chi connectivity index (χ3v) is 3.67. The standard InChI is InChI=1S/C12H24N2O/c1-10(2)9-11-12(15-8-7-14-11)3-5-13-6-4-12/h10-11,13-14H,3-9H2,1-2H3. The summed E-state index contributed by atoms with van der Waals surface area (Å²) >= 11 is 0. The molecule has 2 rings (SSSR count). The minimum Gasteiger partial charge on any atom is -0.372 e. The summed E-state index contributed by atoms with van der Waals surface area (Å²) in [6, 6.07) is 0.563. The van der Waals surface area contributed by atoms with Crippen LogP contribution < -0.4 is 10.6 Å². The molecule has 1 spiro atoms. The van der Waals surface area contributed by atoms with Gasteiger partial charge in [0.25, 0.3) is 0 Å². The van der Waals surface area contributed by atoms with Crippen LogP contribution in [0.4, 0.5) is 0 Å². The van der Waals surface area contributed by atoms with Crippen molar-refractivity contribution >= 4 is 0 Å². The molecule has 0 radical (unpaired) electrons. The molecule has 0 aromatic carbocycles. The van der Waals surface area contributed by atoms with Gasteiger partial charge in [-0.1, -0.05) is 13.8 Å². The average Bonchev–Trinajstić information content (AvgIpc) is 2.23. The number of ether oxygens (including phenoxy) is 1. The van der Waals surface area contributed by atoms with E-state index in [1.807, 2.05) is 0 Å². The normalized spacial score (nSPS) is 31.0. The van der Waals surface area contributed by atoms with Crippen LogP contribution in [-0.4, -0.2) is 37.9 Å². The summed E-state index contributed by atoms with van der Waals surface area (Å²) < 4.78 is 6.12. The van der Waals surface area contributed by atoms with Crippen LogP contribution in [0.25, 0.3) is 0 Å². The maximum absolute atomic E-state index is 6.12. The zero-order valence-corrected chi connectivity index (χ0v) is 10.0. The van der Waals surface area contributed by atoms with Gasteiger partial charge in [-0.3, -0.25) is 0 Å². The summed E-state index contributed by atoms with van der Waals surface area (Å²) in [5, 5.41) is 7.08. The molecule has 0 amide bonds.